The summed E-state index contributed by atoms with van der Waals surface area (Å²) in [6.07, 6.45) is 8.30. The van der Waals surface area contributed by atoms with E-state index in [1.807, 2.05) is 31.2 Å². The Morgan fingerprint density at radius 1 is 0.944 bits per heavy atom. The van der Waals surface area contributed by atoms with Crippen molar-refractivity contribution in [3.05, 3.63) is 102 Å². The number of anilines is 1. The molecule has 1 aliphatic carbocycles. The van der Waals surface area contributed by atoms with Gasteiger partial charge in [0.2, 0.25) is 5.91 Å². The Balaban J connectivity index is 1.51. The fourth-order valence-corrected chi connectivity index (χ4v) is 5.02. The lowest BCUT2D eigenvalue weighted by Crippen LogP contribution is -2.40. The third kappa shape index (κ3) is 6.19. The van der Waals surface area contributed by atoms with Crippen LogP contribution in [-0.2, 0) is 16.0 Å². The van der Waals surface area contributed by atoms with Crippen LogP contribution in [0.1, 0.15) is 55.7 Å². The van der Waals surface area contributed by atoms with Gasteiger partial charge in [0.1, 0.15) is 0 Å². The first-order valence-corrected chi connectivity index (χ1v) is 12.5. The number of carbonyl (C=O) groups is 2. The van der Waals surface area contributed by atoms with Crippen LogP contribution in [0.4, 0.5) is 5.69 Å². The van der Waals surface area contributed by atoms with Gasteiger partial charge in [-0.15, -0.1) is 0 Å². The number of carboxylic acid groups (broad SMARTS) is 1. The summed E-state index contributed by atoms with van der Waals surface area (Å²) in [5.41, 5.74) is 6.64. The molecule has 0 aromatic heterocycles. The van der Waals surface area contributed by atoms with Crippen molar-refractivity contribution in [2.75, 3.05) is 5.32 Å². The molecule has 1 fully saturated rings. The van der Waals surface area contributed by atoms with Crippen LogP contribution in [-0.4, -0.2) is 17.0 Å². The lowest BCUT2D eigenvalue weighted by Gasteiger charge is -2.36. The molecule has 1 aliphatic rings. The zero-order chi connectivity index (χ0) is 25.5. The molecule has 4 nitrogen and oxygen atoms in total. The lowest BCUT2D eigenvalue weighted by molar-refractivity contribution is -0.131. The quantitative estimate of drug-likeness (QED) is 0.327. The Bertz CT molecular complexity index is 1260. The van der Waals surface area contributed by atoms with E-state index in [4.69, 9.17) is 5.11 Å². The molecule has 184 valence electrons. The summed E-state index contributed by atoms with van der Waals surface area (Å²) in [7, 11) is 0. The molecule has 3 aromatic rings. The van der Waals surface area contributed by atoms with E-state index in [1.165, 1.54) is 6.08 Å². The number of benzene rings is 3. The second-order valence-corrected chi connectivity index (χ2v) is 9.82. The fourth-order valence-electron chi connectivity index (χ4n) is 5.02. The van der Waals surface area contributed by atoms with Gasteiger partial charge in [-0.25, -0.2) is 4.79 Å². The predicted octanol–water partition coefficient (Wildman–Crippen LogP) is 7.62. The van der Waals surface area contributed by atoms with Crippen molar-refractivity contribution in [2.45, 2.75) is 45.4 Å². The summed E-state index contributed by atoms with van der Waals surface area (Å²) in [5, 5.41) is 12.0. The van der Waals surface area contributed by atoms with Crippen molar-refractivity contribution in [2.24, 2.45) is 5.41 Å². The Kier molecular flexibility index (Phi) is 7.84. The van der Waals surface area contributed by atoms with Crippen LogP contribution in [0.15, 0.2) is 85.5 Å². The molecule has 4 heteroatoms. The summed E-state index contributed by atoms with van der Waals surface area (Å²) in [5.74, 6) is -0.957. The first-order valence-electron chi connectivity index (χ1n) is 12.5. The van der Waals surface area contributed by atoms with E-state index in [-0.39, 0.29) is 5.91 Å². The van der Waals surface area contributed by atoms with E-state index >= 15 is 0 Å². The Labute approximate surface area is 213 Å². The van der Waals surface area contributed by atoms with Crippen molar-refractivity contribution in [3.63, 3.8) is 0 Å². The van der Waals surface area contributed by atoms with E-state index in [0.29, 0.717) is 12.1 Å². The van der Waals surface area contributed by atoms with Gasteiger partial charge in [0.05, 0.1) is 5.41 Å². The monoisotopic (exact) mass is 479 g/mol. The number of rotatable bonds is 8. The molecule has 0 atom stereocenters. The highest BCUT2D eigenvalue weighted by Crippen LogP contribution is 2.40. The standard InChI is InChI=1S/C32H33NO3/c1-23(2)26-14-16-28(17-15-26)27-12-9-25(10-13-27)22-32(19-4-3-5-20-32)31(36)33-29-8-6-7-24(21-29)11-18-30(34)35/h6-18,21H,1,3-5,19-20,22H2,2H3,(H,33,36)(H,34,35)/b18-11+. The molecule has 0 aliphatic heterocycles. The van der Waals surface area contributed by atoms with Crippen molar-refractivity contribution in [1.82, 2.24) is 0 Å². The lowest BCUT2D eigenvalue weighted by atomic mass is 9.69. The normalized spacial score (nSPS) is 14.9. The summed E-state index contributed by atoms with van der Waals surface area (Å²) in [6.45, 7) is 6.01. The minimum atomic E-state index is -1.000. The zero-order valence-electron chi connectivity index (χ0n) is 20.8. The van der Waals surface area contributed by atoms with E-state index in [0.717, 1.165) is 71.6 Å². The Morgan fingerprint density at radius 2 is 1.58 bits per heavy atom. The van der Waals surface area contributed by atoms with Crippen molar-refractivity contribution in [1.29, 1.82) is 0 Å². The molecule has 1 saturated carbocycles. The highest BCUT2D eigenvalue weighted by molar-refractivity contribution is 5.96. The first-order chi connectivity index (χ1) is 17.3. The number of carboxylic acids is 1. The molecule has 0 unspecified atom stereocenters. The third-order valence-corrected chi connectivity index (χ3v) is 7.06. The molecule has 0 bridgehead atoms. The molecule has 0 radical (unpaired) electrons. The third-order valence-electron chi connectivity index (χ3n) is 7.06. The maximum absolute atomic E-state index is 13.6. The van der Waals surface area contributed by atoms with Gasteiger partial charge < -0.3 is 10.4 Å². The van der Waals surface area contributed by atoms with Gasteiger partial charge >= 0.3 is 5.97 Å². The number of aliphatic carboxylic acids is 1. The SMILES string of the molecule is C=C(C)c1ccc(-c2ccc(CC3(C(=O)Nc4cccc(/C=C/C(=O)O)c4)CCCCC3)cc2)cc1. The number of amides is 1. The summed E-state index contributed by atoms with van der Waals surface area (Å²) in [6, 6.07) is 24.3. The van der Waals surface area contributed by atoms with Crippen LogP contribution < -0.4 is 5.32 Å². The molecule has 36 heavy (non-hydrogen) atoms. The summed E-state index contributed by atoms with van der Waals surface area (Å²) >= 11 is 0. The first kappa shape index (κ1) is 25.2. The maximum Gasteiger partial charge on any atom is 0.328 e. The van der Waals surface area contributed by atoms with Crippen LogP contribution in [0.3, 0.4) is 0 Å². The van der Waals surface area contributed by atoms with Gasteiger partial charge in [0.15, 0.2) is 0 Å². The average Bonchev–Trinajstić information content (AvgIpc) is 2.89. The van der Waals surface area contributed by atoms with E-state index in [2.05, 4.69) is 60.4 Å². The van der Waals surface area contributed by atoms with Gasteiger partial charge in [-0.2, -0.15) is 0 Å². The molecule has 0 heterocycles. The van der Waals surface area contributed by atoms with Gasteiger partial charge in [0, 0.05) is 11.8 Å². The highest BCUT2D eigenvalue weighted by atomic mass is 16.4. The van der Waals surface area contributed by atoms with Crippen LogP contribution in [0.5, 0.6) is 0 Å². The van der Waals surface area contributed by atoms with Crippen molar-refractivity contribution >= 4 is 29.2 Å². The fraction of sp³-hybridized carbons (Fsp3) is 0.250. The average molecular weight is 480 g/mol. The van der Waals surface area contributed by atoms with Gasteiger partial charge in [-0.1, -0.05) is 92.1 Å². The minimum Gasteiger partial charge on any atom is -0.478 e. The number of hydrogen-bond acceptors (Lipinski definition) is 2. The number of carbonyl (C=O) groups excluding carboxylic acids is 1. The van der Waals surface area contributed by atoms with E-state index in [9.17, 15) is 9.59 Å². The van der Waals surface area contributed by atoms with Crippen molar-refractivity contribution in [3.8, 4) is 11.1 Å². The molecule has 0 spiro atoms. The van der Waals surface area contributed by atoms with Gasteiger partial charge in [-0.05, 0) is 72.2 Å². The highest BCUT2D eigenvalue weighted by Gasteiger charge is 2.39. The Morgan fingerprint density at radius 3 is 2.19 bits per heavy atom. The van der Waals surface area contributed by atoms with Crippen LogP contribution in [0.2, 0.25) is 0 Å². The summed E-state index contributed by atoms with van der Waals surface area (Å²) < 4.78 is 0. The zero-order valence-corrected chi connectivity index (χ0v) is 20.8. The Hall–Kier alpha value is -3.92. The second-order valence-electron chi connectivity index (χ2n) is 9.82. The predicted molar refractivity (Wildman–Crippen MR) is 148 cm³/mol. The second kappa shape index (κ2) is 11.2. The van der Waals surface area contributed by atoms with E-state index < -0.39 is 11.4 Å². The van der Waals surface area contributed by atoms with Crippen LogP contribution in [0.25, 0.3) is 22.8 Å². The van der Waals surface area contributed by atoms with Crippen LogP contribution >= 0.6 is 0 Å². The molecule has 4 rings (SSSR count). The molecule has 2 N–H and O–H groups in total. The minimum absolute atomic E-state index is 0.0426. The largest absolute Gasteiger partial charge is 0.478 e. The molecule has 3 aromatic carbocycles. The number of allylic oxidation sites excluding steroid dienone is 1. The van der Waals surface area contributed by atoms with Gasteiger partial charge in [0.25, 0.3) is 0 Å². The molecular formula is C32H33NO3. The van der Waals surface area contributed by atoms with Gasteiger partial charge in [-0.3, -0.25) is 4.79 Å². The van der Waals surface area contributed by atoms with Crippen molar-refractivity contribution < 1.29 is 14.7 Å². The molecular weight excluding hydrogens is 446 g/mol. The number of nitrogens with one attached hydrogen (secondary N) is 1. The van der Waals surface area contributed by atoms with Crippen LogP contribution in [0, 0.1) is 5.41 Å². The summed E-state index contributed by atoms with van der Waals surface area (Å²) in [4.78, 5) is 24.5. The van der Waals surface area contributed by atoms with E-state index in [1.54, 1.807) is 0 Å². The maximum atomic E-state index is 13.6. The molecule has 1 amide bonds. The number of hydrogen-bond donors (Lipinski definition) is 2. The smallest absolute Gasteiger partial charge is 0.328 e. The molecule has 0 saturated heterocycles. The topological polar surface area (TPSA) is 66.4 Å².